The molecule has 0 spiro atoms. The van der Waals surface area contributed by atoms with Gasteiger partial charge >= 0.3 is 0 Å². The van der Waals surface area contributed by atoms with E-state index in [1.54, 1.807) is 0 Å². The van der Waals surface area contributed by atoms with Gasteiger partial charge in [-0.15, -0.1) is 12.4 Å². The van der Waals surface area contributed by atoms with Crippen LogP contribution in [0, 0.1) is 6.92 Å². The zero-order valence-electron chi connectivity index (χ0n) is 19.4. The van der Waals surface area contributed by atoms with E-state index in [1.807, 2.05) is 19.1 Å². The van der Waals surface area contributed by atoms with Gasteiger partial charge in [0.1, 0.15) is 0 Å². The van der Waals surface area contributed by atoms with Gasteiger partial charge in [-0.3, -0.25) is 0 Å². The van der Waals surface area contributed by atoms with Crippen molar-refractivity contribution in [3.05, 3.63) is 33.3 Å². The van der Waals surface area contributed by atoms with Crippen molar-refractivity contribution in [1.82, 2.24) is 4.90 Å². The van der Waals surface area contributed by atoms with E-state index in [0.717, 1.165) is 24.2 Å². The zero-order valence-corrected chi connectivity index (χ0v) is 21.7. The number of unbranched alkanes of at least 4 members (excludes halogenated alkanes) is 10. The van der Waals surface area contributed by atoms with E-state index in [4.69, 9.17) is 23.2 Å². The summed E-state index contributed by atoms with van der Waals surface area (Å²) in [5.74, 6) is 0. The minimum absolute atomic E-state index is 0. The highest BCUT2D eigenvalue weighted by atomic mass is 35.5. The monoisotopic (exact) mass is 479 g/mol. The van der Waals surface area contributed by atoms with Gasteiger partial charge in [0, 0.05) is 17.1 Å². The molecule has 0 heterocycles. The van der Waals surface area contributed by atoms with Crippen molar-refractivity contribution in [2.45, 2.75) is 104 Å². The first-order valence-corrected chi connectivity index (χ1v) is 12.6. The van der Waals surface area contributed by atoms with Crippen molar-refractivity contribution in [2.24, 2.45) is 0 Å². The van der Waals surface area contributed by atoms with Crippen LogP contribution >= 0.6 is 35.6 Å². The number of rotatable bonds is 17. The lowest BCUT2D eigenvalue weighted by Gasteiger charge is -2.26. The summed E-state index contributed by atoms with van der Waals surface area (Å²) in [6.07, 6.45) is 15.0. The first kappa shape index (κ1) is 30.0. The third kappa shape index (κ3) is 12.2. The third-order valence-electron chi connectivity index (χ3n) is 5.80. The molecule has 0 bridgehead atoms. The lowest BCUT2D eigenvalue weighted by Crippen LogP contribution is -2.31. The minimum atomic E-state index is -0.571. The van der Waals surface area contributed by atoms with Gasteiger partial charge in [0.25, 0.3) is 0 Å². The summed E-state index contributed by atoms with van der Waals surface area (Å²) in [5, 5.41) is 12.1. The van der Waals surface area contributed by atoms with Gasteiger partial charge in [0.15, 0.2) is 0 Å². The highest BCUT2D eigenvalue weighted by Gasteiger charge is 2.18. The van der Waals surface area contributed by atoms with Crippen LogP contribution in [-0.4, -0.2) is 29.6 Å². The molecule has 0 aromatic heterocycles. The predicted molar refractivity (Wildman–Crippen MR) is 137 cm³/mol. The van der Waals surface area contributed by atoms with E-state index < -0.39 is 6.10 Å². The van der Waals surface area contributed by atoms with Crippen LogP contribution in [0.5, 0.6) is 0 Å². The second-order valence-electron chi connectivity index (χ2n) is 8.43. The van der Waals surface area contributed by atoms with E-state index in [0.29, 0.717) is 16.6 Å². The largest absolute Gasteiger partial charge is 0.387 e. The normalized spacial score (nSPS) is 12.2. The summed E-state index contributed by atoms with van der Waals surface area (Å²) >= 11 is 12.6. The second kappa shape index (κ2) is 18.6. The maximum atomic E-state index is 10.9. The number of aliphatic hydroxyl groups excluding tert-OH is 1. The molecule has 0 aliphatic rings. The molecule has 30 heavy (non-hydrogen) atoms. The topological polar surface area (TPSA) is 23.5 Å². The van der Waals surface area contributed by atoms with Crippen LogP contribution in [0.3, 0.4) is 0 Å². The fourth-order valence-electron chi connectivity index (χ4n) is 3.81. The van der Waals surface area contributed by atoms with Crippen LogP contribution in [0.1, 0.15) is 108 Å². The van der Waals surface area contributed by atoms with Crippen LogP contribution in [0.4, 0.5) is 0 Å². The lowest BCUT2D eigenvalue weighted by molar-refractivity contribution is 0.110. The van der Waals surface area contributed by atoms with Crippen LogP contribution in [0.15, 0.2) is 12.1 Å². The van der Waals surface area contributed by atoms with Gasteiger partial charge in [-0.1, -0.05) is 107 Å². The summed E-state index contributed by atoms with van der Waals surface area (Å²) < 4.78 is 0. The van der Waals surface area contributed by atoms with Gasteiger partial charge in [-0.05, 0) is 44.5 Å². The Kier molecular flexibility index (Phi) is 18.6. The molecule has 0 fully saturated rings. The molecule has 0 radical (unpaired) electrons. The lowest BCUT2D eigenvalue weighted by atomic mass is 10.0. The molecule has 5 heteroatoms. The van der Waals surface area contributed by atoms with Gasteiger partial charge in [0.2, 0.25) is 0 Å². The van der Waals surface area contributed by atoms with Crippen molar-refractivity contribution in [3.8, 4) is 0 Å². The molecule has 2 nitrogen and oxygen atoms in total. The summed E-state index contributed by atoms with van der Waals surface area (Å²) in [6.45, 7) is 9.18. The molecule has 0 saturated heterocycles. The highest BCUT2D eigenvalue weighted by Crippen LogP contribution is 2.31. The van der Waals surface area contributed by atoms with E-state index in [-0.39, 0.29) is 12.4 Å². The maximum absolute atomic E-state index is 10.9. The number of halogens is 3. The zero-order chi connectivity index (χ0) is 21.5. The maximum Gasteiger partial charge on any atom is 0.0931 e. The summed E-state index contributed by atoms with van der Waals surface area (Å²) in [4.78, 5) is 2.44. The third-order valence-corrected chi connectivity index (χ3v) is 6.71. The molecule has 0 amide bonds. The van der Waals surface area contributed by atoms with Crippen LogP contribution in [-0.2, 0) is 0 Å². The number of aliphatic hydroxyl groups is 1. The molecule has 0 saturated carbocycles. The first-order valence-electron chi connectivity index (χ1n) is 11.9. The van der Waals surface area contributed by atoms with Gasteiger partial charge in [0.05, 0.1) is 11.1 Å². The second-order valence-corrected chi connectivity index (χ2v) is 9.21. The Morgan fingerprint density at radius 1 is 0.800 bits per heavy atom. The molecular weight excluding hydrogens is 437 g/mol. The molecule has 176 valence electrons. The smallest absolute Gasteiger partial charge is 0.0931 e. The van der Waals surface area contributed by atoms with Crippen molar-refractivity contribution >= 4 is 35.6 Å². The van der Waals surface area contributed by atoms with Gasteiger partial charge in [-0.2, -0.15) is 0 Å². The van der Waals surface area contributed by atoms with Crippen LogP contribution < -0.4 is 0 Å². The first-order chi connectivity index (χ1) is 14.0. The average molecular weight is 481 g/mol. The van der Waals surface area contributed by atoms with Crippen molar-refractivity contribution in [3.63, 3.8) is 0 Å². The van der Waals surface area contributed by atoms with Crippen molar-refractivity contribution in [2.75, 3.05) is 19.6 Å². The Morgan fingerprint density at radius 2 is 1.27 bits per heavy atom. The molecular formula is C25H44Cl3NO. The van der Waals surface area contributed by atoms with Crippen LogP contribution in [0.25, 0.3) is 0 Å². The molecule has 1 unspecified atom stereocenters. The molecule has 1 N–H and O–H groups in total. The molecule has 0 aliphatic heterocycles. The molecule has 1 aromatic rings. The molecule has 1 atom stereocenters. The number of nitrogens with zero attached hydrogens (tertiary/aromatic N) is 1. The SMILES string of the molecule is CCCCCCCCN(CCCCCCCC)CC(O)c1ccc(Cl)c(C)c1Cl.Cl. The van der Waals surface area contributed by atoms with Crippen molar-refractivity contribution in [1.29, 1.82) is 0 Å². The minimum Gasteiger partial charge on any atom is -0.387 e. The Hall–Kier alpha value is 0.01000. The average Bonchev–Trinajstić information content (AvgIpc) is 2.71. The van der Waals surface area contributed by atoms with E-state index in [2.05, 4.69) is 18.7 Å². The Bertz CT molecular complexity index is 537. The molecule has 1 rings (SSSR count). The predicted octanol–water partition coefficient (Wildman–Crippen LogP) is 8.78. The Morgan fingerprint density at radius 3 is 1.77 bits per heavy atom. The molecule has 0 aliphatic carbocycles. The number of benzene rings is 1. The number of hydrogen-bond donors (Lipinski definition) is 1. The van der Waals surface area contributed by atoms with E-state index in [1.165, 1.54) is 77.0 Å². The fraction of sp³-hybridized carbons (Fsp3) is 0.760. The summed E-state index contributed by atoms with van der Waals surface area (Å²) in [7, 11) is 0. The quantitative estimate of drug-likeness (QED) is 0.225. The number of hydrogen-bond acceptors (Lipinski definition) is 2. The highest BCUT2D eigenvalue weighted by molar-refractivity contribution is 6.36. The van der Waals surface area contributed by atoms with Gasteiger partial charge < -0.3 is 10.0 Å². The molecule has 1 aromatic carbocycles. The summed E-state index contributed by atoms with van der Waals surface area (Å²) in [6, 6.07) is 3.71. The van der Waals surface area contributed by atoms with Gasteiger partial charge in [-0.25, -0.2) is 0 Å². The Labute approximate surface area is 202 Å². The Balaban J connectivity index is 0.00000841. The fourth-order valence-corrected chi connectivity index (χ4v) is 4.31. The summed E-state index contributed by atoms with van der Waals surface area (Å²) in [5.41, 5.74) is 1.65. The van der Waals surface area contributed by atoms with E-state index in [9.17, 15) is 5.11 Å². The van der Waals surface area contributed by atoms with Crippen molar-refractivity contribution < 1.29 is 5.11 Å². The van der Waals surface area contributed by atoms with Crippen LogP contribution in [0.2, 0.25) is 10.0 Å². The van der Waals surface area contributed by atoms with E-state index >= 15 is 0 Å². The standard InChI is InChI=1S/C25H43Cl2NO.ClH/c1-4-6-8-10-12-14-18-28(19-15-13-11-9-7-5-2)20-24(29)22-16-17-23(26)21(3)25(22)27;/h16-17,24,29H,4-15,18-20H2,1-3H3;1H.